The molecule has 1 aliphatic heterocycles. The first kappa shape index (κ1) is 6.75. The van der Waals surface area contributed by atoms with E-state index in [1.165, 1.54) is 5.71 Å². The van der Waals surface area contributed by atoms with Gasteiger partial charge in [-0.2, -0.15) is 0 Å². The Bertz CT molecular complexity index is 118. The van der Waals surface area contributed by atoms with Gasteiger partial charge in [-0.25, -0.2) is 0 Å². The third-order valence-corrected chi connectivity index (χ3v) is 1.65. The van der Waals surface area contributed by atoms with E-state index in [2.05, 4.69) is 24.2 Å². The molecule has 0 aliphatic carbocycles. The van der Waals surface area contributed by atoms with Crippen LogP contribution in [0.4, 0.5) is 0 Å². The quantitative estimate of drug-likeness (QED) is 0.553. The molecule has 0 radical (unpaired) electrons. The van der Waals surface area contributed by atoms with Gasteiger partial charge in [0.25, 0.3) is 0 Å². The highest BCUT2D eigenvalue weighted by molar-refractivity contribution is 5.86. The van der Waals surface area contributed by atoms with E-state index in [1.807, 2.05) is 0 Å². The van der Waals surface area contributed by atoms with Gasteiger partial charge in [0.2, 0.25) is 0 Å². The fourth-order valence-electron chi connectivity index (χ4n) is 0.915. The van der Waals surface area contributed by atoms with E-state index in [9.17, 15) is 0 Å². The van der Waals surface area contributed by atoms with Gasteiger partial charge in [-0.3, -0.25) is 4.99 Å². The van der Waals surface area contributed by atoms with E-state index in [0.717, 1.165) is 19.5 Å². The molecule has 0 saturated carbocycles. The summed E-state index contributed by atoms with van der Waals surface area (Å²) in [4.78, 5) is 4.38. The highest BCUT2D eigenvalue weighted by Crippen LogP contribution is 1.94. The fourth-order valence-corrected chi connectivity index (χ4v) is 0.915. The van der Waals surface area contributed by atoms with Crippen molar-refractivity contribution < 1.29 is 0 Å². The van der Waals surface area contributed by atoms with Crippen LogP contribution in [0.1, 0.15) is 20.3 Å². The molecule has 0 aromatic rings. The van der Waals surface area contributed by atoms with E-state index in [4.69, 9.17) is 0 Å². The van der Waals surface area contributed by atoms with E-state index in [0.29, 0.717) is 6.04 Å². The van der Waals surface area contributed by atoms with Crippen LogP contribution in [0.25, 0.3) is 0 Å². The van der Waals surface area contributed by atoms with Crippen molar-refractivity contribution in [3.8, 4) is 0 Å². The van der Waals surface area contributed by atoms with Crippen LogP contribution in [0.2, 0.25) is 0 Å². The second-order valence-electron chi connectivity index (χ2n) is 2.54. The molecule has 1 rings (SSSR count). The number of nitrogens with one attached hydrogen (secondary N) is 1. The van der Waals surface area contributed by atoms with Gasteiger partial charge in [-0.15, -0.1) is 0 Å². The standard InChI is InChI=1S/C7H14N2/c1-3-7-5-8-6(2)4-9-7/h6,8H,3-5H2,1-2H3. The molecule has 1 unspecified atom stereocenters. The number of aliphatic imine (C=N–C) groups is 1. The van der Waals surface area contributed by atoms with Gasteiger partial charge in [-0.05, 0) is 13.3 Å². The van der Waals surface area contributed by atoms with E-state index in [-0.39, 0.29) is 0 Å². The maximum Gasteiger partial charge on any atom is 0.0540 e. The second kappa shape index (κ2) is 2.97. The molecule has 1 aliphatic rings. The van der Waals surface area contributed by atoms with Crippen molar-refractivity contribution in [2.45, 2.75) is 26.3 Å². The van der Waals surface area contributed by atoms with Gasteiger partial charge in [0.05, 0.1) is 6.54 Å². The van der Waals surface area contributed by atoms with Gasteiger partial charge in [-0.1, -0.05) is 6.92 Å². The summed E-state index contributed by atoms with van der Waals surface area (Å²) in [5.74, 6) is 0. The maximum atomic E-state index is 4.38. The lowest BCUT2D eigenvalue weighted by Crippen LogP contribution is -2.37. The van der Waals surface area contributed by atoms with Crippen molar-refractivity contribution in [1.82, 2.24) is 5.32 Å². The predicted molar refractivity (Wildman–Crippen MR) is 40.1 cm³/mol. The highest BCUT2D eigenvalue weighted by atomic mass is 15.0. The van der Waals surface area contributed by atoms with Crippen LogP contribution < -0.4 is 5.32 Å². The molecule has 1 heterocycles. The summed E-state index contributed by atoms with van der Waals surface area (Å²) in [6, 6.07) is 0.584. The summed E-state index contributed by atoms with van der Waals surface area (Å²) in [5, 5.41) is 3.35. The fraction of sp³-hybridized carbons (Fsp3) is 0.857. The van der Waals surface area contributed by atoms with Crippen LogP contribution in [0.5, 0.6) is 0 Å². The third kappa shape index (κ3) is 1.79. The van der Waals surface area contributed by atoms with Crippen molar-refractivity contribution >= 4 is 5.71 Å². The van der Waals surface area contributed by atoms with Crippen molar-refractivity contribution in [2.24, 2.45) is 4.99 Å². The molecule has 9 heavy (non-hydrogen) atoms. The molecule has 1 N–H and O–H groups in total. The summed E-state index contributed by atoms with van der Waals surface area (Å²) in [5.41, 5.74) is 1.31. The van der Waals surface area contributed by atoms with Gasteiger partial charge >= 0.3 is 0 Å². The average molecular weight is 126 g/mol. The van der Waals surface area contributed by atoms with E-state index >= 15 is 0 Å². The Balaban J connectivity index is 2.40. The molecule has 0 spiro atoms. The van der Waals surface area contributed by atoms with Gasteiger partial charge < -0.3 is 5.32 Å². The number of hydrogen-bond acceptors (Lipinski definition) is 2. The molecular weight excluding hydrogens is 112 g/mol. The second-order valence-corrected chi connectivity index (χ2v) is 2.54. The molecule has 1 atom stereocenters. The van der Waals surface area contributed by atoms with Crippen molar-refractivity contribution in [3.05, 3.63) is 0 Å². The average Bonchev–Trinajstić information content (AvgIpc) is 1.90. The smallest absolute Gasteiger partial charge is 0.0540 e. The molecule has 0 fully saturated rings. The summed E-state index contributed by atoms with van der Waals surface area (Å²) in [6.07, 6.45) is 1.10. The van der Waals surface area contributed by atoms with Crippen molar-refractivity contribution in [2.75, 3.05) is 13.1 Å². The summed E-state index contributed by atoms with van der Waals surface area (Å²) < 4.78 is 0. The Labute approximate surface area is 56.4 Å². The largest absolute Gasteiger partial charge is 0.307 e. The minimum atomic E-state index is 0.584. The molecule has 0 saturated heterocycles. The third-order valence-electron chi connectivity index (χ3n) is 1.65. The molecule has 2 heteroatoms. The van der Waals surface area contributed by atoms with Crippen LogP contribution in [-0.4, -0.2) is 24.8 Å². The molecule has 0 bridgehead atoms. The number of hydrogen-bond donors (Lipinski definition) is 1. The van der Waals surface area contributed by atoms with Crippen LogP contribution in [0.3, 0.4) is 0 Å². The lowest BCUT2D eigenvalue weighted by molar-refractivity contribution is 0.576. The lowest BCUT2D eigenvalue weighted by atomic mass is 10.2. The van der Waals surface area contributed by atoms with Crippen molar-refractivity contribution in [1.29, 1.82) is 0 Å². The minimum Gasteiger partial charge on any atom is -0.307 e. The first-order valence-electron chi connectivity index (χ1n) is 3.58. The van der Waals surface area contributed by atoms with Crippen LogP contribution in [-0.2, 0) is 0 Å². The zero-order valence-corrected chi connectivity index (χ0v) is 6.15. The first-order chi connectivity index (χ1) is 4.33. The van der Waals surface area contributed by atoms with Crippen LogP contribution >= 0.6 is 0 Å². The zero-order chi connectivity index (χ0) is 6.69. The Morgan fingerprint density at radius 1 is 1.78 bits per heavy atom. The first-order valence-corrected chi connectivity index (χ1v) is 3.58. The molecular formula is C7H14N2. The van der Waals surface area contributed by atoms with Gasteiger partial charge in [0.15, 0.2) is 0 Å². The monoisotopic (exact) mass is 126 g/mol. The van der Waals surface area contributed by atoms with E-state index < -0.39 is 0 Å². The Morgan fingerprint density at radius 2 is 2.56 bits per heavy atom. The lowest BCUT2D eigenvalue weighted by Gasteiger charge is -2.18. The Hall–Kier alpha value is -0.370. The summed E-state index contributed by atoms with van der Waals surface area (Å²) >= 11 is 0. The van der Waals surface area contributed by atoms with Crippen LogP contribution in [0.15, 0.2) is 4.99 Å². The molecule has 2 nitrogen and oxygen atoms in total. The Kier molecular flexibility index (Phi) is 2.22. The highest BCUT2D eigenvalue weighted by Gasteiger charge is 2.07. The minimum absolute atomic E-state index is 0.584. The molecule has 0 aromatic carbocycles. The number of nitrogens with zero attached hydrogens (tertiary/aromatic N) is 1. The van der Waals surface area contributed by atoms with Crippen LogP contribution in [0, 0.1) is 0 Å². The predicted octanol–water partition coefficient (Wildman–Crippen LogP) is 0.829. The SMILES string of the molecule is CCC1=NCC(C)NC1. The molecule has 52 valence electrons. The van der Waals surface area contributed by atoms with Gasteiger partial charge in [0.1, 0.15) is 0 Å². The Morgan fingerprint density at radius 3 is 3.00 bits per heavy atom. The molecule has 0 amide bonds. The number of rotatable bonds is 1. The zero-order valence-electron chi connectivity index (χ0n) is 6.15. The molecule has 0 aromatic heterocycles. The topological polar surface area (TPSA) is 24.4 Å². The van der Waals surface area contributed by atoms with E-state index in [1.54, 1.807) is 0 Å². The summed E-state index contributed by atoms with van der Waals surface area (Å²) in [6.45, 7) is 6.27. The maximum absolute atomic E-state index is 4.38. The summed E-state index contributed by atoms with van der Waals surface area (Å²) in [7, 11) is 0. The van der Waals surface area contributed by atoms with Crippen molar-refractivity contribution in [3.63, 3.8) is 0 Å². The van der Waals surface area contributed by atoms with Gasteiger partial charge in [0, 0.05) is 18.3 Å². The normalized spacial score (nSPS) is 27.8.